The van der Waals surface area contributed by atoms with E-state index in [4.69, 9.17) is 9.15 Å². The fourth-order valence-corrected chi connectivity index (χ4v) is 3.98. The molecule has 0 saturated heterocycles. The van der Waals surface area contributed by atoms with E-state index in [9.17, 15) is 19.2 Å². The number of fused-ring (bicyclic) bond motifs is 2. The molecule has 0 aliphatic carbocycles. The lowest BCUT2D eigenvalue weighted by Gasteiger charge is -2.28. The van der Waals surface area contributed by atoms with E-state index in [0.717, 1.165) is 4.90 Å². The highest BCUT2D eigenvalue weighted by atomic mass is 16.5. The largest absolute Gasteiger partial charge is 0.464 e. The van der Waals surface area contributed by atoms with Crippen molar-refractivity contribution < 1.29 is 23.5 Å². The van der Waals surface area contributed by atoms with Gasteiger partial charge < -0.3 is 9.15 Å². The van der Waals surface area contributed by atoms with E-state index in [1.165, 1.54) is 4.57 Å². The summed E-state index contributed by atoms with van der Waals surface area (Å²) in [4.78, 5) is 51.8. The van der Waals surface area contributed by atoms with Crippen molar-refractivity contribution in [3.63, 3.8) is 0 Å². The number of carbonyl (C=O) groups is 3. The monoisotopic (exact) mass is 436 g/mol. The maximum atomic E-state index is 13.0. The average Bonchev–Trinajstić information content (AvgIpc) is 3.25. The van der Waals surface area contributed by atoms with Crippen molar-refractivity contribution in [3.8, 4) is 0 Å². The number of oxazole rings is 1. The highest BCUT2D eigenvalue weighted by Gasteiger charge is 2.45. The molecule has 0 fully saturated rings. The zero-order chi connectivity index (χ0) is 22.8. The molecule has 2 atom stereocenters. The predicted molar refractivity (Wildman–Crippen MR) is 116 cm³/mol. The van der Waals surface area contributed by atoms with E-state index in [0.29, 0.717) is 41.6 Å². The molecular weight excluding hydrogens is 412 g/mol. The molecule has 0 unspecified atom stereocenters. The summed E-state index contributed by atoms with van der Waals surface area (Å²) in [7, 11) is 0. The number of para-hydroxylation sites is 2. The highest BCUT2D eigenvalue weighted by molar-refractivity contribution is 6.22. The molecule has 0 saturated carbocycles. The third-order valence-electron chi connectivity index (χ3n) is 5.87. The van der Waals surface area contributed by atoms with Crippen LogP contribution in [0.1, 0.15) is 47.4 Å². The van der Waals surface area contributed by atoms with Gasteiger partial charge in [0.1, 0.15) is 6.04 Å². The molecule has 32 heavy (non-hydrogen) atoms. The Kier molecular flexibility index (Phi) is 5.94. The average molecular weight is 436 g/mol. The molecule has 0 bridgehead atoms. The van der Waals surface area contributed by atoms with Crippen molar-refractivity contribution in [1.29, 1.82) is 0 Å². The van der Waals surface area contributed by atoms with Gasteiger partial charge in [0.2, 0.25) is 0 Å². The molecule has 2 heterocycles. The fraction of sp³-hybridized carbons (Fsp3) is 0.333. The summed E-state index contributed by atoms with van der Waals surface area (Å²) >= 11 is 0. The number of aryl methyl sites for hydroxylation is 1. The van der Waals surface area contributed by atoms with Crippen molar-refractivity contribution in [2.24, 2.45) is 5.92 Å². The summed E-state index contributed by atoms with van der Waals surface area (Å²) in [5.41, 5.74) is 1.76. The quantitative estimate of drug-likeness (QED) is 0.305. The minimum absolute atomic E-state index is 0.0425. The number of amides is 2. The number of rotatable bonds is 8. The smallest absolute Gasteiger partial charge is 0.419 e. The first-order valence-electron chi connectivity index (χ1n) is 10.7. The molecule has 2 aromatic carbocycles. The molecule has 2 amide bonds. The second-order valence-corrected chi connectivity index (χ2v) is 7.86. The molecule has 0 N–H and O–H groups in total. The van der Waals surface area contributed by atoms with Gasteiger partial charge in [0, 0.05) is 6.54 Å². The molecular formula is C24H24N2O6. The number of nitrogens with zero attached hydrogens (tertiary/aromatic N) is 2. The summed E-state index contributed by atoms with van der Waals surface area (Å²) in [6, 6.07) is 12.6. The molecule has 4 rings (SSSR count). The third-order valence-corrected chi connectivity index (χ3v) is 5.87. The Balaban J connectivity index is 1.44. The van der Waals surface area contributed by atoms with Crippen LogP contribution in [0.25, 0.3) is 11.1 Å². The molecule has 8 heteroatoms. The van der Waals surface area contributed by atoms with Crippen molar-refractivity contribution in [2.45, 2.75) is 39.3 Å². The molecule has 1 aliphatic heterocycles. The number of benzene rings is 2. The Hall–Kier alpha value is -3.68. The number of esters is 1. The van der Waals surface area contributed by atoms with Gasteiger partial charge in [-0.1, -0.05) is 44.5 Å². The minimum Gasteiger partial charge on any atom is -0.464 e. The Bertz CT molecular complexity index is 1210. The molecule has 0 spiro atoms. The minimum atomic E-state index is -1.01. The molecule has 1 aromatic heterocycles. The van der Waals surface area contributed by atoms with E-state index in [2.05, 4.69) is 0 Å². The fourth-order valence-electron chi connectivity index (χ4n) is 3.98. The van der Waals surface area contributed by atoms with Crippen LogP contribution in [0.3, 0.4) is 0 Å². The number of carbonyl (C=O) groups excluding carboxylic acids is 3. The summed E-state index contributed by atoms with van der Waals surface area (Å²) in [5.74, 6) is -2.34. The lowest BCUT2D eigenvalue weighted by Crippen LogP contribution is -2.49. The second-order valence-electron chi connectivity index (χ2n) is 7.86. The van der Waals surface area contributed by atoms with E-state index in [1.54, 1.807) is 42.5 Å². The van der Waals surface area contributed by atoms with Crippen molar-refractivity contribution in [1.82, 2.24) is 9.47 Å². The molecule has 0 radical (unpaired) electrons. The van der Waals surface area contributed by atoms with Crippen molar-refractivity contribution in [3.05, 3.63) is 70.2 Å². The predicted octanol–water partition coefficient (Wildman–Crippen LogP) is 3.24. The van der Waals surface area contributed by atoms with Gasteiger partial charge in [-0.25, -0.2) is 9.59 Å². The molecule has 3 aromatic rings. The maximum absolute atomic E-state index is 13.0. The van der Waals surface area contributed by atoms with Crippen molar-refractivity contribution >= 4 is 28.9 Å². The van der Waals surface area contributed by atoms with Crippen LogP contribution in [0.15, 0.2) is 57.7 Å². The van der Waals surface area contributed by atoms with Gasteiger partial charge in [-0.05, 0) is 36.6 Å². The normalized spacial score (nSPS) is 15.1. The van der Waals surface area contributed by atoms with Crippen LogP contribution in [0.2, 0.25) is 0 Å². The topological polar surface area (TPSA) is 98.8 Å². The van der Waals surface area contributed by atoms with E-state index >= 15 is 0 Å². The van der Waals surface area contributed by atoms with Gasteiger partial charge in [0.05, 0.1) is 23.3 Å². The first-order valence-corrected chi connectivity index (χ1v) is 10.7. The zero-order valence-electron chi connectivity index (χ0n) is 17.9. The van der Waals surface area contributed by atoms with Crippen LogP contribution in [0, 0.1) is 5.92 Å². The molecule has 8 nitrogen and oxygen atoms in total. The zero-order valence-corrected chi connectivity index (χ0v) is 17.9. The summed E-state index contributed by atoms with van der Waals surface area (Å²) in [5, 5.41) is 0. The van der Waals surface area contributed by atoms with Gasteiger partial charge >= 0.3 is 11.7 Å². The van der Waals surface area contributed by atoms with Crippen LogP contribution in [-0.4, -0.2) is 39.9 Å². The van der Waals surface area contributed by atoms with Crippen molar-refractivity contribution in [2.75, 3.05) is 6.61 Å². The van der Waals surface area contributed by atoms with Crippen LogP contribution < -0.4 is 5.76 Å². The number of ether oxygens (including phenoxy) is 1. The highest BCUT2D eigenvalue weighted by Crippen LogP contribution is 2.28. The maximum Gasteiger partial charge on any atom is 0.419 e. The lowest BCUT2D eigenvalue weighted by atomic mass is 9.97. The summed E-state index contributed by atoms with van der Waals surface area (Å²) in [6.07, 6.45) is 0.966. The Labute approximate surface area is 184 Å². The summed E-state index contributed by atoms with van der Waals surface area (Å²) < 4.78 is 12.1. The van der Waals surface area contributed by atoms with Gasteiger partial charge in [-0.2, -0.15) is 0 Å². The molecule has 1 aliphatic rings. The van der Waals surface area contributed by atoms with Gasteiger partial charge in [0.25, 0.3) is 11.8 Å². The molecule has 166 valence electrons. The van der Waals surface area contributed by atoms with Gasteiger partial charge in [0.15, 0.2) is 5.58 Å². The second kappa shape index (κ2) is 8.82. The first-order chi connectivity index (χ1) is 15.4. The summed E-state index contributed by atoms with van der Waals surface area (Å²) in [6.45, 7) is 4.05. The standard InChI is InChI=1S/C24H24N2O6/c1-3-15(2)20(26-21(27)16-9-4-5-10-17(16)22(26)28)23(29)31-14-8-13-25-18-11-6-7-12-19(18)32-24(25)30/h4-7,9-12,15,20H,3,8,13-14H2,1-2H3/t15-,20-/m0/s1. The van der Waals surface area contributed by atoms with E-state index in [-0.39, 0.29) is 12.5 Å². The number of hydrogen-bond acceptors (Lipinski definition) is 6. The lowest BCUT2D eigenvalue weighted by molar-refractivity contribution is -0.150. The Morgan fingerprint density at radius 3 is 2.28 bits per heavy atom. The first kappa shape index (κ1) is 21.5. The van der Waals surface area contributed by atoms with Crippen LogP contribution in [-0.2, 0) is 16.1 Å². The van der Waals surface area contributed by atoms with E-state index < -0.39 is 29.6 Å². The number of imide groups is 1. The van der Waals surface area contributed by atoms with Crippen LogP contribution in [0.5, 0.6) is 0 Å². The van der Waals surface area contributed by atoms with Crippen LogP contribution in [0.4, 0.5) is 0 Å². The Morgan fingerprint density at radius 2 is 1.62 bits per heavy atom. The van der Waals surface area contributed by atoms with Crippen LogP contribution >= 0.6 is 0 Å². The third kappa shape index (κ3) is 3.72. The number of aromatic nitrogens is 1. The van der Waals surface area contributed by atoms with Gasteiger partial charge in [-0.3, -0.25) is 19.1 Å². The number of hydrogen-bond donors (Lipinski definition) is 0. The van der Waals surface area contributed by atoms with Gasteiger partial charge in [-0.15, -0.1) is 0 Å². The Morgan fingerprint density at radius 1 is 1.00 bits per heavy atom. The van der Waals surface area contributed by atoms with E-state index in [1.807, 2.05) is 19.9 Å². The SMILES string of the molecule is CC[C@H](C)[C@@H](C(=O)OCCCn1c(=O)oc2ccccc21)N1C(=O)c2ccccc2C1=O.